The normalized spacial score (nSPS) is 11.3. The maximum absolute atomic E-state index is 12.0. The van der Waals surface area contributed by atoms with Crippen LogP contribution in [0.15, 0.2) is 24.3 Å². The second kappa shape index (κ2) is 6.39. The number of benzene rings is 1. The number of nitrogens with one attached hydrogen (secondary N) is 1. The van der Waals surface area contributed by atoms with Crippen molar-refractivity contribution in [2.45, 2.75) is 25.4 Å². The molecule has 100 valence electrons. The van der Waals surface area contributed by atoms with E-state index in [-0.39, 0.29) is 25.3 Å². The molecule has 0 spiro atoms. The van der Waals surface area contributed by atoms with Crippen molar-refractivity contribution in [1.29, 1.82) is 0 Å². The summed E-state index contributed by atoms with van der Waals surface area (Å²) in [7, 11) is 0. The second-order valence-electron chi connectivity index (χ2n) is 3.90. The van der Waals surface area contributed by atoms with Gasteiger partial charge in [0.2, 0.25) is 5.91 Å². The Morgan fingerprint density at radius 3 is 2.33 bits per heavy atom. The van der Waals surface area contributed by atoms with E-state index in [1.807, 2.05) is 0 Å². The van der Waals surface area contributed by atoms with Gasteiger partial charge in [0, 0.05) is 25.1 Å². The summed E-state index contributed by atoms with van der Waals surface area (Å²) in [5.74, 6) is -0.208. The maximum atomic E-state index is 12.0. The summed E-state index contributed by atoms with van der Waals surface area (Å²) in [4.78, 5) is 11.2. The monoisotopic (exact) mass is 260 g/mol. The fraction of sp³-hybridized carbons (Fsp3) is 0.417. The number of nitrogens with two attached hydrogens (primary N) is 1. The molecule has 18 heavy (non-hydrogen) atoms. The third-order valence-electron chi connectivity index (χ3n) is 2.31. The van der Waals surface area contributed by atoms with Gasteiger partial charge in [0.1, 0.15) is 0 Å². The number of alkyl halides is 3. The Kier molecular flexibility index (Phi) is 5.15. The molecule has 0 heterocycles. The predicted octanol–water partition coefficient (Wildman–Crippen LogP) is 2.47. The molecule has 0 atom stereocenters. The molecule has 3 N–H and O–H groups in total. The summed E-state index contributed by atoms with van der Waals surface area (Å²) < 4.78 is 36.0. The largest absolute Gasteiger partial charge is 0.389 e. The Bertz CT molecular complexity index is 387. The van der Waals surface area contributed by atoms with E-state index in [2.05, 4.69) is 5.32 Å². The molecule has 0 fully saturated rings. The molecule has 0 bridgehead atoms. The van der Waals surface area contributed by atoms with Crippen LogP contribution in [0.2, 0.25) is 0 Å². The minimum Gasteiger partial charge on any atom is -0.330 e. The number of carbonyl (C=O) groups is 1. The van der Waals surface area contributed by atoms with Gasteiger partial charge < -0.3 is 11.1 Å². The van der Waals surface area contributed by atoms with Crippen LogP contribution in [0.5, 0.6) is 0 Å². The van der Waals surface area contributed by atoms with Crippen molar-refractivity contribution in [2.75, 3.05) is 11.9 Å². The van der Waals surface area contributed by atoms with E-state index < -0.39 is 12.6 Å². The zero-order chi connectivity index (χ0) is 13.6. The Hall–Kier alpha value is -1.56. The molecular weight excluding hydrogens is 245 g/mol. The zero-order valence-corrected chi connectivity index (χ0v) is 9.76. The van der Waals surface area contributed by atoms with Gasteiger partial charge in [-0.05, 0) is 24.1 Å². The lowest BCUT2D eigenvalue weighted by Crippen LogP contribution is -2.16. The van der Waals surface area contributed by atoms with Crippen molar-refractivity contribution in [3.63, 3.8) is 0 Å². The average Bonchev–Trinajstić information content (AvgIpc) is 2.27. The quantitative estimate of drug-likeness (QED) is 0.854. The molecule has 0 saturated carbocycles. The topological polar surface area (TPSA) is 55.1 Å². The predicted molar refractivity (Wildman–Crippen MR) is 63.1 cm³/mol. The van der Waals surface area contributed by atoms with Gasteiger partial charge in [-0.2, -0.15) is 13.2 Å². The van der Waals surface area contributed by atoms with Gasteiger partial charge in [-0.15, -0.1) is 0 Å². The highest BCUT2D eigenvalue weighted by Crippen LogP contribution is 2.22. The molecule has 0 saturated heterocycles. The average molecular weight is 260 g/mol. The third kappa shape index (κ3) is 5.67. The number of anilines is 1. The standard InChI is InChI=1S/C12H15F3N2O/c13-12(14,15)7-5-9-1-3-10(4-2-9)17-11(18)6-8-16/h1-4H,5-8,16H2,(H,17,18). The van der Waals surface area contributed by atoms with Crippen LogP contribution in [0.1, 0.15) is 18.4 Å². The minimum absolute atomic E-state index is 0.0550. The summed E-state index contributed by atoms with van der Waals surface area (Å²) in [5, 5.41) is 2.60. The van der Waals surface area contributed by atoms with E-state index in [1.165, 1.54) is 0 Å². The summed E-state index contributed by atoms with van der Waals surface area (Å²) in [6.07, 6.45) is -4.82. The lowest BCUT2D eigenvalue weighted by Gasteiger charge is -2.07. The van der Waals surface area contributed by atoms with Crippen molar-refractivity contribution in [1.82, 2.24) is 0 Å². The lowest BCUT2D eigenvalue weighted by molar-refractivity contribution is -0.134. The number of aryl methyl sites for hydroxylation is 1. The second-order valence-corrected chi connectivity index (χ2v) is 3.90. The smallest absolute Gasteiger partial charge is 0.330 e. The zero-order valence-electron chi connectivity index (χ0n) is 9.76. The van der Waals surface area contributed by atoms with Crippen LogP contribution in [0.25, 0.3) is 0 Å². The molecule has 0 aliphatic rings. The molecule has 0 aromatic heterocycles. The first-order valence-electron chi connectivity index (χ1n) is 5.56. The molecule has 1 aromatic rings. The number of rotatable bonds is 5. The molecule has 0 unspecified atom stereocenters. The van der Waals surface area contributed by atoms with Gasteiger partial charge in [0.25, 0.3) is 0 Å². The molecule has 0 aliphatic carbocycles. The Morgan fingerprint density at radius 1 is 1.22 bits per heavy atom. The summed E-state index contributed by atoms with van der Waals surface area (Å²) >= 11 is 0. The third-order valence-corrected chi connectivity index (χ3v) is 2.31. The molecule has 1 aromatic carbocycles. The first-order valence-corrected chi connectivity index (χ1v) is 5.56. The van der Waals surface area contributed by atoms with Crippen LogP contribution in [0.4, 0.5) is 18.9 Å². The van der Waals surface area contributed by atoms with Crippen molar-refractivity contribution < 1.29 is 18.0 Å². The molecule has 1 amide bonds. The van der Waals surface area contributed by atoms with E-state index in [4.69, 9.17) is 5.73 Å². The first kappa shape index (κ1) is 14.5. The molecule has 6 heteroatoms. The van der Waals surface area contributed by atoms with Gasteiger partial charge in [-0.25, -0.2) is 0 Å². The fourth-order valence-electron chi connectivity index (χ4n) is 1.40. The fourth-order valence-corrected chi connectivity index (χ4v) is 1.40. The minimum atomic E-state index is -4.14. The van der Waals surface area contributed by atoms with E-state index in [1.54, 1.807) is 24.3 Å². The van der Waals surface area contributed by atoms with Crippen LogP contribution >= 0.6 is 0 Å². The van der Waals surface area contributed by atoms with Crippen LogP contribution in [0, 0.1) is 0 Å². The van der Waals surface area contributed by atoms with Gasteiger partial charge in [0.15, 0.2) is 0 Å². The summed E-state index contributed by atoms with van der Waals surface area (Å²) in [6, 6.07) is 6.31. The first-order chi connectivity index (χ1) is 8.40. The maximum Gasteiger partial charge on any atom is 0.389 e. The Morgan fingerprint density at radius 2 is 1.83 bits per heavy atom. The Labute approximate surface area is 103 Å². The number of hydrogen-bond donors (Lipinski definition) is 2. The van der Waals surface area contributed by atoms with Gasteiger partial charge in [-0.1, -0.05) is 12.1 Å². The van der Waals surface area contributed by atoms with E-state index in [0.29, 0.717) is 11.3 Å². The summed E-state index contributed by atoms with van der Waals surface area (Å²) in [5.41, 5.74) is 6.37. The van der Waals surface area contributed by atoms with E-state index in [0.717, 1.165) is 0 Å². The van der Waals surface area contributed by atoms with Crippen LogP contribution in [0.3, 0.4) is 0 Å². The van der Waals surface area contributed by atoms with Crippen molar-refractivity contribution in [3.05, 3.63) is 29.8 Å². The molecule has 0 radical (unpaired) electrons. The lowest BCUT2D eigenvalue weighted by atomic mass is 10.1. The highest BCUT2D eigenvalue weighted by Gasteiger charge is 2.26. The van der Waals surface area contributed by atoms with Gasteiger partial charge >= 0.3 is 6.18 Å². The highest BCUT2D eigenvalue weighted by atomic mass is 19.4. The molecular formula is C12H15F3N2O. The number of halogens is 3. The number of amides is 1. The molecule has 3 nitrogen and oxygen atoms in total. The number of carbonyl (C=O) groups excluding carboxylic acids is 1. The van der Waals surface area contributed by atoms with E-state index in [9.17, 15) is 18.0 Å². The summed E-state index contributed by atoms with van der Waals surface area (Å²) in [6.45, 7) is 0.259. The SMILES string of the molecule is NCCC(=O)Nc1ccc(CCC(F)(F)F)cc1. The van der Waals surface area contributed by atoms with Crippen molar-refractivity contribution >= 4 is 11.6 Å². The van der Waals surface area contributed by atoms with Crippen molar-refractivity contribution in [2.24, 2.45) is 5.73 Å². The molecule has 0 aliphatic heterocycles. The highest BCUT2D eigenvalue weighted by molar-refractivity contribution is 5.90. The van der Waals surface area contributed by atoms with Crippen molar-refractivity contribution in [3.8, 4) is 0 Å². The van der Waals surface area contributed by atoms with Crippen LogP contribution in [-0.2, 0) is 11.2 Å². The van der Waals surface area contributed by atoms with E-state index >= 15 is 0 Å². The van der Waals surface area contributed by atoms with Gasteiger partial charge in [0.05, 0.1) is 0 Å². The van der Waals surface area contributed by atoms with Crippen LogP contribution < -0.4 is 11.1 Å². The Balaban J connectivity index is 2.50. The van der Waals surface area contributed by atoms with Crippen LogP contribution in [-0.4, -0.2) is 18.6 Å². The number of hydrogen-bond acceptors (Lipinski definition) is 2. The van der Waals surface area contributed by atoms with Gasteiger partial charge in [-0.3, -0.25) is 4.79 Å². The molecule has 1 rings (SSSR count).